The van der Waals surface area contributed by atoms with Crippen LogP contribution in [0.5, 0.6) is 0 Å². The van der Waals surface area contributed by atoms with E-state index in [2.05, 4.69) is 25.9 Å². The largest absolute Gasteiger partial charge is 0.493 e. The van der Waals surface area contributed by atoms with Crippen molar-refractivity contribution >= 4 is 28.7 Å². The van der Waals surface area contributed by atoms with Gasteiger partial charge in [-0.2, -0.15) is 17.9 Å². The number of carbonyl (C=O) groups is 2. The number of anilines is 1. The molecule has 0 bridgehead atoms. The number of benzene rings is 1. The van der Waals surface area contributed by atoms with Crippen molar-refractivity contribution in [3.63, 3.8) is 0 Å². The first-order valence-corrected chi connectivity index (χ1v) is 10.3. The number of hydrogen-bond donors (Lipinski definition) is 3. The first-order valence-electron chi connectivity index (χ1n) is 10.3. The molecule has 9 nitrogen and oxygen atoms in total. The van der Waals surface area contributed by atoms with Crippen LogP contribution in [0, 0.1) is 6.92 Å². The molecular weight excluding hydrogens is 441 g/mol. The van der Waals surface area contributed by atoms with E-state index in [-0.39, 0.29) is 36.0 Å². The molecule has 0 spiro atoms. The van der Waals surface area contributed by atoms with Crippen LogP contribution in [-0.2, 0) is 11.2 Å². The van der Waals surface area contributed by atoms with Gasteiger partial charge in [-0.3, -0.25) is 4.79 Å². The number of fused-ring (bicyclic) bond motifs is 2. The van der Waals surface area contributed by atoms with Gasteiger partial charge in [-0.15, -0.1) is 0 Å². The summed E-state index contributed by atoms with van der Waals surface area (Å²) in [5.41, 5.74) is 2.40. The van der Waals surface area contributed by atoms with Crippen LogP contribution in [0.2, 0.25) is 0 Å². The Morgan fingerprint density at radius 1 is 1.24 bits per heavy atom. The Kier molecular flexibility index (Phi) is 4.96. The molecule has 2 aromatic heterocycles. The van der Waals surface area contributed by atoms with Crippen molar-refractivity contribution in [3.8, 4) is 11.3 Å². The molecule has 0 unspecified atom stereocenters. The van der Waals surface area contributed by atoms with Crippen LogP contribution in [-0.4, -0.2) is 58.4 Å². The van der Waals surface area contributed by atoms with Crippen molar-refractivity contribution in [2.75, 3.05) is 25.0 Å². The molecule has 4 heterocycles. The number of nitrogens with zero attached hydrogens (tertiary/aromatic N) is 3. The number of aryl methyl sites for hydroxylation is 1. The zero-order valence-corrected chi connectivity index (χ0v) is 17.4. The Morgan fingerprint density at radius 3 is 2.73 bits per heavy atom. The number of nitrogens with one attached hydrogen (secondary N) is 3. The summed E-state index contributed by atoms with van der Waals surface area (Å²) in [6.45, 7) is 3.57. The molecule has 1 fully saturated rings. The molecule has 3 N–H and O–H groups in total. The third-order valence-corrected chi connectivity index (χ3v) is 5.62. The molecule has 3 aromatic rings. The van der Waals surface area contributed by atoms with Gasteiger partial charge in [0.2, 0.25) is 0 Å². The zero-order chi connectivity index (χ0) is 23.3. The number of alkyl halides is 3. The lowest BCUT2D eigenvalue weighted by Crippen LogP contribution is -2.51. The van der Waals surface area contributed by atoms with Crippen molar-refractivity contribution < 1.29 is 27.6 Å². The fourth-order valence-corrected chi connectivity index (χ4v) is 3.87. The highest BCUT2D eigenvalue weighted by molar-refractivity contribution is 6.00. The van der Waals surface area contributed by atoms with Crippen LogP contribution >= 0.6 is 0 Å². The van der Waals surface area contributed by atoms with Crippen molar-refractivity contribution in [1.82, 2.24) is 25.3 Å². The fourth-order valence-electron chi connectivity index (χ4n) is 3.87. The normalized spacial score (nSPS) is 16.2. The Hall–Kier alpha value is -3.67. The second kappa shape index (κ2) is 7.73. The van der Waals surface area contributed by atoms with E-state index < -0.39 is 18.1 Å². The topological polar surface area (TPSA) is 110 Å². The van der Waals surface area contributed by atoms with Gasteiger partial charge in [-0.25, -0.2) is 14.8 Å². The highest BCUT2D eigenvalue weighted by atomic mass is 19.4. The average Bonchev–Trinajstić information content (AvgIpc) is 3.09. The Balaban J connectivity index is 1.68. The van der Waals surface area contributed by atoms with Gasteiger partial charge in [0.05, 0.1) is 34.2 Å². The average molecular weight is 460 g/mol. The van der Waals surface area contributed by atoms with Crippen LogP contribution in [0.3, 0.4) is 0 Å². The molecule has 33 heavy (non-hydrogen) atoms. The standard InChI is InChI=1S/C21H19F3N6O3/c1-10-18(28-11-8-25-9-11)29-17-12(3-2-4-14(17)27-10)16-7-13-15(5-6-26-19(13)31)30(16)33-20(32)21(22,23)24/h2-4,7,11,25H,5-6,8-9H2,1H3,(H,26,31)(H,28,29). The van der Waals surface area contributed by atoms with Crippen LogP contribution in [0.25, 0.3) is 22.3 Å². The number of para-hydroxylation sites is 1. The lowest BCUT2D eigenvalue weighted by Gasteiger charge is -2.29. The lowest BCUT2D eigenvalue weighted by atomic mass is 10.1. The summed E-state index contributed by atoms with van der Waals surface area (Å²) in [6.07, 6.45) is -5.00. The summed E-state index contributed by atoms with van der Waals surface area (Å²) < 4.78 is 39.8. The molecule has 12 heteroatoms. The maximum absolute atomic E-state index is 13.0. The summed E-state index contributed by atoms with van der Waals surface area (Å²) in [4.78, 5) is 38.1. The van der Waals surface area contributed by atoms with E-state index in [1.807, 2.05) is 6.92 Å². The van der Waals surface area contributed by atoms with Gasteiger partial charge in [0.15, 0.2) is 0 Å². The van der Waals surface area contributed by atoms with E-state index >= 15 is 0 Å². The number of hydrogen-bond acceptors (Lipinski definition) is 7. The molecule has 2 aliphatic rings. The van der Waals surface area contributed by atoms with Crippen LogP contribution in [0.4, 0.5) is 19.0 Å². The smallest absolute Gasteiger partial charge is 0.363 e. The van der Waals surface area contributed by atoms with E-state index in [1.54, 1.807) is 18.2 Å². The summed E-state index contributed by atoms with van der Waals surface area (Å²) in [5, 5.41) is 9.09. The Bertz CT molecular complexity index is 1280. The Labute approximate surface area is 185 Å². The number of amides is 1. The van der Waals surface area contributed by atoms with E-state index in [0.29, 0.717) is 28.1 Å². The van der Waals surface area contributed by atoms with Crippen LogP contribution in [0.15, 0.2) is 24.3 Å². The minimum absolute atomic E-state index is 0.106. The first kappa shape index (κ1) is 21.2. The van der Waals surface area contributed by atoms with Gasteiger partial charge >= 0.3 is 12.1 Å². The summed E-state index contributed by atoms with van der Waals surface area (Å²) in [6, 6.07) is 6.64. The molecule has 0 radical (unpaired) electrons. The molecular formula is C21H19F3N6O3. The van der Waals surface area contributed by atoms with E-state index in [4.69, 9.17) is 4.84 Å². The maximum atomic E-state index is 13.0. The molecule has 2 aliphatic heterocycles. The zero-order valence-electron chi connectivity index (χ0n) is 17.4. The molecule has 0 saturated carbocycles. The Morgan fingerprint density at radius 2 is 2.03 bits per heavy atom. The molecule has 0 aliphatic carbocycles. The van der Waals surface area contributed by atoms with Gasteiger partial charge in [0.1, 0.15) is 11.3 Å². The predicted molar refractivity (Wildman–Crippen MR) is 112 cm³/mol. The van der Waals surface area contributed by atoms with Crippen molar-refractivity contribution in [2.45, 2.75) is 25.6 Å². The third-order valence-electron chi connectivity index (χ3n) is 5.62. The molecule has 5 rings (SSSR count). The lowest BCUT2D eigenvalue weighted by molar-refractivity contribution is -0.199. The molecule has 1 aromatic carbocycles. The fraction of sp³-hybridized carbons (Fsp3) is 0.333. The van der Waals surface area contributed by atoms with Gasteiger partial charge in [-0.1, -0.05) is 12.1 Å². The molecule has 172 valence electrons. The summed E-state index contributed by atoms with van der Waals surface area (Å²) in [5.74, 6) is -2.29. The molecule has 0 atom stereocenters. The van der Waals surface area contributed by atoms with Crippen molar-refractivity contribution in [3.05, 3.63) is 41.2 Å². The summed E-state index contributed by atoms with van der Waals surface area (Å²) in [7, 11) is 0. The summed E-state index contributed by atoms with van der Waals surface area (Å²) >= 11 is 0. The molecule has 1 saturated heterocycles. The van der Waals surface area contributed by atoms with Gasteiger partial charge in [0.25, 0.3) is 5.91 Å². The van der Waals surface area contributed by atoms with Crippen molar-refractivity contribution in [2.24, 2.45) is 0 Å². The number of rotatable bonds is 4. The predicted octanol–water partition coefficient (Wildman–Crippen LogP) is 1.59. The van der Waals surface area contributed by atoms with Gasteiger partial charge in [-0.05, 0) is 19.1 Å². The monoisotopic (exact) mass is 460 g/mol. The highest BCUT2D eigenvalue weighted by Gasteiger charge is 2.43. The highest BCUT2D eigenvalue weighted by Crippen LogP contribution is 2.33. The van der Waals surface area contributed by atoms with E-state index in [1.165, 1.54) is 6.07 Å². The van der Waals surface area contributed by atoms with Crippen LogP contribution in [0.1, 0.15) is 21.7 Å². The number of aromatic nitrogens is 3. The van der Waals surface area contributed by atoms with E-state index in [9.17, 15) is 22.8 Å². The van der Waals surface area contributed by atoms with E-state index in [0.717, 1.165) is 17.8 Å². The minimum atomic E-state index is -5.20. The number of halogens is 3. The van der Waals surface area contributed by atoms with Crippen molar-refractivity contribution in [1.29, 1.82) is 0 Å². The second-order valence-corrected chi connectivity index (χ2v) is 7.90. The van der Waals surface area contributed by atoms with Crippen LogP contribution < -0.4 is 20.8 Å². The number of carbonyl (C=O) groups excluding carboxylic acids is 2. The van der Waals surface area contributed by atoms with Gasteiger partial charge < -0.3 is 20.8 Å². The van der Waals surface area contributed by atoms with Gasteiger partial charge in [0, 0.05) is 31.6 Å². The second-order valence-electron chi connectivity index (χ2n) is 7.90. The minimum Gasteiger partial charge on any atom is -0.363 e. The maximum Gasteiger partial charge on any atom is 0.493 e. The quantitative estimate of drug-likeness (QED) is 0.543. The SMILES string of the molecule is Cc1nc2cccc(-c3cc4c(n3OC(=O)C(F)(F)F)CCNC4=O)c2nc1NC1CNC1. The molecule has 1 amide bonds. The third kappa shape index (κ3) is 3.75. The first-order chi connectivity index (χ1) is 15.7.